The van der Waals surface area contributed by atoms with Crippen LogP contribution in [0.25, 0.3) is 11.3 Å². The van der Waals surface area contributed by atoms with Gasteiger partial charge in [-0.3, -0.25) is 32.5 Å². The minimum atomic E-state index is -3.22. The molecular weight excluding hydrogens is 790 g/mol. The Bertz CT molecular complexity index is 2060. The quantitative estimate of drug-likeness (QED) is 0.0876. The topological polar surface area (TPSA) is 198 Å². The third-order valence-corrected chi connectivity index (χ3v) is 5.80. The zero-order valence-electron chi connectivity index (χ0n) is 27.0. The maximum absolute atomic E-state index is 13.0. The molecule has 0 bridgehead atoms. The molecule has 0 fully saturated rings. The van der Waals surface area contributed by atoms with Crippen molar-refractivity contribution in [1.82, 2.24) is 23.8 Å². The molecule has 0 aliphatic heterocycles. The third kappa shape index (κ3) is 16.4. The number of aromatic hydroxyl groups is 1. The van der Waals surface area contributed by atoms with Gasteiger partial charge in [0.2, 0.25) is 5.88 Å². The fourth-order valence-electron chi connectivity index (χ4n) is 3.43. The maximum Gasteiger partial charge on any atom is 0.339 e. The summed E-state index contributed by atoms with van der Waals surface area (Å²) in [5.41, 5.74) is 6.81. The van der Waals surface area contributed by atoms with Gasteiger partial charge in [-0.25, -0.2) is 23.1 Å². The Hall–Kier alpha value is -4.41. The van der Waals surface area contributed by atoms with Crippen molar-refractivity contribution in [3.63, 3.8) is 0 Å². The van der Waals surface area contributed by atoms with Crippen LogP contribution >= 0.6 is 50.5 Å². The highest BCUT2D eigenvalue weighted by molar-refractivity contribution is 8.24. The minimum absolute atomic E-state index is 0.115. The van der Waals surface area contributed by atoms with Crippen LogP contribution in [-0.4, -0.2) is 55.0 Å². The molecule has 22 heteroatoms. The number of pyridine rings is 3. The number of aryl methyl sites for hydroxylation is 3. The van der Waals surface area contributed by atoms with E-state index in [1.807, 2.05) is 0 Å². The van der Waals surface area contributed by atoms with Crippen LogP contribution in [0.5, 0.6) is 5.88 Å². The molecule has 5 rings (SSSR count). The number of hydrogen-bond donors (Lipinski definition) is 2. The van der Waals surface area contributed by atoms with Gasteiger partial charge in [-0.1, -0.05) is 11.6 Å². The number of nitrogen functional groups attached to an aromatic ring is 1. The van der Waals surface area contributed by atoms with Crippen molar-refractivity contribution < 1.29 is 41.9 Å². The van der Waals surface area contributed by atoms with Crippen LogP contribution in [0.15, 0.2) is 58.5 Å². The number of nitrogens with two attached hydrogens (primary N) is 1. The zero-order valence-corrected chi connectivity index (χ0v) is 31.0. The molecule has 0 amide bonds. The summed E-state index contributed by atoms with van der Waals surface area (Å²) in [5, 5.41) is 5.98. The number of aromatic nitrogens is 5. The lowest BCUT2D eigenvalue weighted by Crippen LogP contribution is -2.14. The maximum atomic E-state index is 13.0. The van der Waals surface area contributed by atoms with Crippen LogP contribution in [0.4, 0.5) is 19.0 Å². The molecule has 14 nitrogen and oxygen atoms in total. The number of fused-ring (bicyclic) bond motifs is 2. The summed E-state index contributed by atoms with van der Waals surface area (Å²) in [6.45, 7) is 5.00. The Morgan fingerprint density at radius 2 is 1.22 bits per heavy atom. The van der Waals surface area contributed by atoms with Gasteiger partial charge < -0.3 is 20.3 Å². The Morgan fingerprint density at radius 3 is 1.63 bits per heavy atom. The number of nitrogens with zero attached hydrogens (tertiary/aromatic N) is 5. The number of halogens is 7. The summed E-state index contributed by atoms with van der Waals surface area (Å²) in [7, 11) is 2.43. The van der Waals surface area contributed by atoms with Crippen LogP contribution in [-0.2, 0) is 23.6 Å². The smallest absolute Gasteiger partial charge is 0.339 e. The zero-order chi connectivity index (χ0) is 39.2. The van der Waals surface area contributed by atoms with Crippen molar-refractivity contribution >= 4 is 79.6 Å². The summed E-state index contributed by atoms with van der Waals surface area (Å²) < 4.78 is 58.2. The van der Waals surface area contributed by atoms with E-state index in [2.05, 4.69) is 58.1 Å². The second kappa shape index (κ2) is 20.4. The fourth-order valence-corrected chi connectivity index (χ4v) is 3.60. The minimum Gasteiger partial charge on any atom is -0.493 e. The van der Waals surface area contributed by atoms with Crippen LogP contribution in [0, 0.1) is 38.2 Å². The van der Waals surface area contributed by atoms with Crippen LogP contribution in [0.2, 0.25) is 5.15 Å². The van der Waals surface area contributed by atoms with E-state index in [-0.39, 0.29) is 34.5 Å². The van der Waals surface area contributed by atoms with Gasteiger partial charge in [-0.2, -0.15) is 4.98 Å². The standard InChI is InChI=1S/C9H6ClFN2O.C9H7FN2O2.C6H7FN2.C5H8O4.Cl3OP/c1-5-2-6(11)4-13-8(14)3-7(10)12-9(5)13;1-5-2-6(10)4-12-8(14)3-7(13)11-9(5)12;1-4-2-5(7)3-9-6(4)8;1-8-4(6)3-5(7)9-2;1-5(2,3)4/h2-4H,1H3;2-4,13H,1H3;2-3H,1H3,(H2,8,9);3H2,1-2H3;. The van der Waals surface area contributed by atoms with E-state index in [9.17, 15) is 36.9 Å². The lowest BCUT2D eigenvalue weighted by atomic mass is 10.3. The summed E-state index contributed by atoms with van der Waals surface area (Å²) in [5.74, 6) is -2.46. The lowest BCUT2D eigenvalue weighted by molar-refractivity contribution is -0.151. The summed E-state index contributed by atoms with van der Waals surface area (Å²) >= 11 is 19.5. The monoisotopic (exact) mass is 816 g/mol. The molecule has 0 radical (unpaired) electrons. The molecule has 0 unspecified atom stereocenters. The van der Waals surface area contributed by atoms with Crippen molar-refractivity contribution in [3.8, 4) is 5.88 Å². The Morgan fingerprint density at radius 1 is 0.804 bits per heavy atom. The molecule has 5 heterocycles. The van der Waals surface area contributed by atoms with E-state index >= 15 is 0 Å². The van der Waals surface area contributed by atoms with Gasteiger partial charge in [0.25, 0.3) is 11.1 Å². The highest BCUT2D eigenvalue weighted by atomic mass is 36.0. The predicted molar refractivity (Wildman–Crippen MR) is 186 cm³/mol. The fraction of sp³-hybridized carbons (Fsp3) is 0.207. The van der Waals surface area contributed by atoms with Crippen molar-refractivity contribution in [2.45, 2.75) is 27.2 Å². The van der Waals surface area contributed by atoms with E-state index in [4.69, 9.17) is 22.4 Å². The number of carbonyl (C=O) groups is 2. The molecule has 5 aromatic rings. The number of methoxy groups -OCH3 is 2. The van der Waals surface area contributed by atoms with Gasteiger partial charge in [0.15, 0.2) is 0 Å². The average molecular weight is 818 g/mol. The molecule has 5 aromatic heterocycles. The number of carbonyl (C=O) groups excluding carboxylic acids is 2. The average Bonchev–Trinajstić information content (AvgIpc) is 3.00. The van der Waals surface area contributed by atoms with Crippen LogP contribution < -0.4 is 16.9 Å². The Balaban J connectivity index is 0.000000332. The first kappa shape index (κ1) is 44.6. The van der Waals surface area contributed by atoms with E-state index in [0.29, 0.717) is 28.2 Å². The molecule has 0 aliphatic carbocycles. The first-order valence-corrected chi connectivity index (χ1v) is 18.3. The molecule has 0 saturated carbocycles. The lowest BCUT2D eigenvalue weighted by Gasteiger charge is -2.03. The van der Waals surface area contributed by atoms with Gasteiger partial charge in [0, 0.05) is 18.5 Å². The van der Waals surface area contributed by atoms with Crippen molar-refractivity contribution in [2.24, 2.45) is 0 Å². The van der Waals surface area contributed by atoms with Crippen LogP contribution in [0.3, 0.4) is 0 Å². The highest BCUT2D eigenvalue weighted by Gasteiger charge is 2.08. The van der Waals surface area contributed by atoms with Gasteiger partial charge in [0.05, 0.1) is 26.5 Å². The normalized spacial score (nSPS) is 10.2. The number of hydrogen-bond acceptors (Lipinski definition) is 12. The molecule has 276 valence electrons. The van der Waals surface area contributed by atoms with E-state index in [1.54, 1.807) is 20.8 Å². The second-order valence-electron chi connectivity index (χ2n) is 9.52. The molecule has 51 heavy (non-hydrogen) atoms. The van der Waals surface area contributed by atoms with Gasteiger partial charge in [0.1, 0.15) is 46.1 Å². The molecule has 3 N–H and O–H groups in total. The summed E-state index contributed by atoms with van der Waals surface area (Å²) in [6, 6.07) is 5.99. The van der Waals surface area contributed by atoms with E-state index in [1.165, 1.54) is 32.4 Å². The number of rotatable bonds is 2. The summed E-state index contributed by atoms with van der Waals surface area (Å²) in [6.07, 6.45) is 2.92. The third-order valence-electron chi connectivity index (χ3n) is 5.61. The SMILES string of the molecule is COC(=O)CC(=O)OC.Cc1cc(F)cn2c(=O)cc(Cl)nc12.Cc1cc(F)cn2c(=O)cc(O)nc12.Cc1cc(F)cnc1N.O=P(Cl)(Cl)Cl. The number of anilines is 1. The van der Waals surface area contributed by atoms with Gasteiger partial charge in [-0.15, -0.1) is 0 Å². The van der Waals surface area contributed by atoms with Crippen LogP contribution in [0.1, 0.15) is 23.1 Å². The molecule has 0 atom stereocenters. The highest BCUT2D eigenvalue weighted by Crippen LogP contribution is 2.61. The molecule has 0 aliphatic rings. The molecule has 0 aromatic carbocycles. The van der Waals surface area contributed by atoms with Crippen molar-refractivity contribution in [3.05, 3.63) is 109 Å². The largest absolute Gasteiger partial charge is 0.493 e. The van der Waals surface area contributed by atoms with E-state index < -0.39 is 34.3 Å². The predicted octanol–water partition coefficient (Wildman–Crippen LogP) is 6.29. The number of ether oxygens (including phenoxy) is 2. The van der Waals surface area contributed by atoms with E-state index in [0.717, 1.165) is 39.5 Å². The van der Waals surface area contributed by atoms with Crippen molar-refractivity contribution in [2.75, 3.05) is 20.0 Å². The van der Waals surface area contributed by atoms with Gasteiger partial charge in [-0.05, 0) is 89.4 Å². The van der Waals surface area contributed by atoms with Crippen molar-refractivity contribution in [1.29, 1.82) is 0 Å². The number of esters is 2. The molecule has 0 spiro atoms. The molecular formula is C29H28Cl4F3N6O8P. The molecule has 0 saturated heterocycles. The first-order chi connectivity index (χ1) is 23.6. The Labute approximate surface area is 306 Å². The first-order valence-electron chi connectivity index (χ1n) is 13.5. The second-order valence-corrected chi connectivity index (χ2v) is 16.5. The summed E-state index contributed by atoms with van der Waals surface area (Å²) in [4.78, 5) is 54.4. The van der Waals surface area contributed by atoms with Gasteiger partial charge >= 0.3 is 17.1 Å². The Kier molecular flexibility index (Phi) is 17.9.